The highest BCUT2D eigenvalue weighted by atomic mass is 32.1. The molecular formula is C12H18N6S. The van der Waals surface area contributed by atoms with Crippen molar-refractivity contribution < 1.29 is 0 Å². The molecule has 102 valence electrons. The summed E-state index contributed by atoms with van der Waals surface area (Å²) < 4.78 is 0. The monoisotopic (exact) mass is 278 g/mol. The van der Waals surface area contributed by atoms with E-state index < -0.39 is 0 Å². The molecule has 0 bridgehead atoms. The van der Waals surface area contributed by atoms with E-state index >= 15 is 0 Å². The van der Waals surface area contributed by atoms with Crippen LogP contribution in [0.4, 0.5) is 11.6 Å². The smallest absolute Gasteiger partial charge is 0.148 e. The molecule has 0 fully saturated rings. The maximum absolute atomic E-state index is 5.50. The van der Waals surface area contributed by atoms with Crippen LogP contribution in [-0.4, -0.2) is 15.0 Å². The molecule has 2 heterocycles. The molecule has 0 aliphatic rings. The third kappa shape index (κ3) is 3.18. The molecule has 2 aromatic rings. The van der Waals surface area contributed by atoms with Gasteiger partial charge >= 0.3 is 0 Å². The molecule has 0 atom stereocenters. The van der Waals surface area contributed by atoms with E-state index in [-0.39, 0.29) is 5.92 Å². The lowest BCUT2D eigenvalue weighted by Gasteiger charge is -2.14. The summed E-state index contributed by atoms with van der Waals surface area (Å²) in [6.45, 7) is 6.74. The number of hydrazine groups is 1. The first-order chi connectivity index (χ1) is 9.11. The molecule has 0 saturated heterocycles. The number of thiazole rings is 1. The van der Waals surface area contributed by atoms with Gasteiger partial charge in [0.1, 0.15) is 17.5 Å². The Labute approximate surface area is 116 Å². The van der Waals surface area contributed by atoms with Gasteiger partial charge in [-0.05, 0) is 6.92 Å². The normalized spacial score (nSPS) is 10.8. The van der Waals surface area contributed by atoms with E-state index in [2.05, 4.69) is 39.5 Å². The van der Waals surface area contributed by atoms with Crippen molar-refractivity contribution in [3.05, 3.63) is 28.0 Å². The lowest BCUT2D eigenvalue weighted by molar-refractivity contribution is 0.772. The molecule has 0 aliphatic heterocycles. The number of rotatable bonds is 5. The van der Waals surface area contributed by atoms with E-state index in [0.29, 0.717) is 12.4 Å². The summed E-state index contributed by atoms with van der Waals surface area (Å²) in [5.41, 5.74) is 5.35. The average Bonchev–Trinajstić information content (AvgIpc) is 2.90. The molecule has 4 N–H and O–H groups in total. The van der Waals surface area contributed by atoms with Gasteiger partial charge in [-0.25, -0.2) is 15.8 Å². The standard InChI is InChI=1S/C12H18N6S/c1-7(2)10-16-11(8(3)12(17-10)18-13)15-5-9-4-14-6-19-9/h4,6-7H,5,13H2,1-3H3,(H2,15,16,17,18). The minimum absolute atomic E-state index is 0.247. The highest BCUT2D eigenvalue weighted by Gasteiger charge is 2.12. The lowest BCUT2D eigenvalue weighted by Crippen LogP contribution is -2.15. The van der Waals surface area contributed by atoms with Crippen molar-refractivity contribution in [2.75, 3.05) is 10.7 Å². The number of aromatic nitrogens is 3. The van der Waals surface area contributed by atoms with Gasteiger partial charge < -0.3 is 10.7 Å². The Balaban J connectivity index is 2.24. The van der Waals surface area contributed by atoms with Crippen molar-refractivity contribution in [3.8, 4) is 0 Å². The van der Waals surface area contributed by atoms with Crippen LogP contribution in [0.5, 0.6) is 0 Å². The molecule has 2 aromatic heterocycles. The molecule has 19 heavy (non-hydrogen) atoms. The Morgan fingerprint density at radius 2 is 2.05 bits per heavy atom. The molecule has 0 aliphatic carbocycles. The van der Waals surface area contributed by atoms with E-state index in [4.69, 9.17) is 5.84 Å². The van der Waals surface area contributed by atoms with Crippen LogP contribution in [0, 0.1) is 6.92 Å². The maximum atomic E-state index is 5.50. The minimum atomic E-state index is 0.247. The van der Waals surface area contributed by atoms with Crippen molar-refractivity contribution in [2.24, 2.45) is 5.84 Å². The van der Waals surface area contributed by atoms with Crippen LogP contribution in [0.15, 0.2) is 11.7 Å². The van der Waals surface area contributed by atoms with Crippen LogP contribution in [0.2, 0.25) is 0 Å². The Morgan fingerprint density at radius 1 is 1.32 bits per heavy atom. The van der Waals surface area contributed by atoms with Crippen LogP contribution in [0.25, 0.3) is 0 Å². The van der Waals surface area contributed by atoms with Crippen LogP contribution in [0.1, 0.15) is 36.0 Å². The van der Waals surface area contributed by atoms with E-state index in [1.54, 1.807) is 11.3 Å². The Hall–Kier alpha value is -1.73. The molecule has 0 amide bonds. The summed E-state index contributed by atoms with van der Waals surface area (Å²) in [6, 6.07) is 0. The van der Waals surface area contributed by atoms with Gasteiger partial charge in [-0.2, -0.15) is 0 Å². The van der Waals surface area contributed by atoms with Crippen LogP contribution < -0.4 is 16.6 Å². The van der Waals surface area contributed by atoms with Crippen LogP contribution in [-0.2, 0) is 6.54 Å². The summed E-state index contributed by atoms with van der Waals surface area (Å²) in [5, 5.41) is 3.31. The van der Waals surface area contributed by atoms with Crippen molar-refractivity contribution in [2.45, 2.75) is 33.2 Å². The highest BCUT2D eigenvalue weighted by Crippen LogP contribution is 2.23. The topological polar surface area (TPSA) is 88.8 Å². The molecule has 0 unspecified atom stereocenters. The zero-order valence-electron chi connectivity index (χ0n) is 11.3. The summed E-state index contributed by atoms with van der Waals surface area (Å²) in [5.74, 6) is 7.98. The summed E-state index contributed by atoms with van der Waals surface area (Å²) in [6.07, 6.45) is 1.85. The Morgan fingerprint density at radius 3 is 2.63 bits per heavy atom. The second kappa shape index (κ2) is 5.94. The Bertz CT molecular complexity index is 537. The predicted molar refractivity (Wildman–Crippen MR) is 78.1 cm³/mol. The van der Waals surface area contributed by atoms with Crippen molar-refractivity contribution in [3.63, 3.8) is 0 Å². The van der Waals surface area contributed by atoms with Gasteiger partial charge in [0.15, 0.2) is 0 Å². The quantitative estimate of drug-likeness (QED) is 0.574. The minimum Gasteiger partial charge on any atom is -0.365 e. The maximum Gasteiger partial charge on any atom is 0.148 e. The SMILES string of the molecule is Cc1c(NN)nc(C(C)C)nc1NCc1cncs1. The molecule has 7 heteroatoms. The Kier molecular flexibility index (Phi) is 4.28. The zero-order valence-corrected chi connectivity index (χ0v) is 12.1. The van der Waals surface area contributed by atoms with Crippen molar-refractivity contribution >= 4 is 23.0 Å². The van der Waals surface area contributed by atoms with Gasteiger partial charge in [0.05, 0.1) is 12.1 Å². The highest BCUT2D eigenvalue weighted by molar-refractivity contribution is 7.09. The van der Waals surface area contributed by atoms with Gasteiger partial charge in [-0.1, -0.05) is 13.8 Å². The van der Waals surface area contributed by atoms with Gasteiger partial charge in [0.25, 0.3) is 0 Å². The second-order valence-corrected chi connectivity index (χ2v) is 5.50. The number of nitrogen functional groups attached to an aromatic ring is 1. The fraction of sp³-hybridized carbons (Fsp3) is 0.417. The van der Waals surface area contributed by atoms with Crippen LogP contribution >= 0.6 is 11.3 Å². The third-order valence-electron chi connectivity index (χ3n) is 2.73. The van der Waals surface area contributed by atoms with Gasteiger partial charge in [-0.3, -0.25) is 4.98 Å². The molecule has 0 saturated carbocycles. The lowest BCUT2D eigenvalue weighted by atomic mass is 10.2. The average molecular weight is 278 g/mol. The molecule has 0 aromatic carbocycles. The number of nitrogens with two attached hydrogens (primary N) is 1. The summed E-state index contributed by atoms with van der Waals surface area (Å²) >= 11 is 1.61. The van der Waals surface area contributed by atoms with E-state index in [1.807, 2.05) is 18.6 Å². The van der Waals surface area contributed by atoms with Crippen molar-refractivity contribution in [1.29, 1.82) is 0 Å². The molecular weight excluding hydrogens is 260 g/mol. The largest absolute Gasteiger partial charge is 0.365 e. The fourth-order valence-corrected chi connectivity index (χ4v) is 2.14. The van der Waals surface area contributed by atoms with Crippen molar-refractivity contribution in [1.82, 2.24) is 15.0 Å². The van der Waals surface area contributed by atoms with Gasteiger partial charge in [-0.15, -0.1) is 11.3 Å². The molecule has 6 nitrogen and oxygen atoms in total. The molecule has 0 spiro atoms. The summed E-state index contributed by atoms with van der Waals surface area (Å²) in [4.78, 5) is 14.2. The van der Waals surface area contributed by atoms with E-state index in [9.17, 15) is 0 Å². The first-order valence-corrected chi connectivity index (χ1v) is 6.96. The number of hydrogen-bond donors (Lipinski definition) is 3. The number of hydrogen-bond acceptors (Lipinski definition) is 7. The first-order valence-electron chi connectivity index (χ1n) is 6.08. The third-order valence-corrected chi connectivity index (χ3v) is 3.51. The van der Waals surface area contributed by atoms with E-state index in [1.165, 1.54) is 0 Å². The second-order valence-electron chi connectivity index (χ2n) is 4.52. The zero-order chi connectivity index (χ0) is 13.8. The predicted octanol–water partition coefficient (Wildman–Crippen LogP) is 2.26. The first kappa shape index (κ1) is 13.7. The van der Waals surface area contributed by atoms with Gasteiger partial charge in [0.2, 0.25) is 0 Å². The number of anilines is 2. The summed E-state index contributed by atoms with van der Waals surface area (Å²) in [7, 11) is 0. The van der Waals surface area contributed by atoms with Gasteiger partial charge in [0, 0.05) is 22.6 Å². The number of nitrogens with one attached hydrogen (secondary N) is 2. The molecule has 0 radical (unpaired) electrons. The number of nitrogens with zero attached hydrogens (tertiary/aromatic N) is 3. The fourth-order valence-electron chi connectivity index (χ4n) is 1.61. The van der Waals surface area contributed by atoms with E-state index in [0.717, 1.165) is 22.1 Å². The van der Waals surface area contributed by atoms with Crippen LogP contribution in [0.3, 0.4) is 0 Å². The molecule has 2 rings (SSSR count).